The van der Waals surface area contributed by atoms with Crippen LogP contribution in [0.3, 0.4) is 0 Å². The van der Waals surface area contributed by atoms with Crippen LogP contribution in [-0.4, -0.2) is 53.6 Å². The summed E-state index contributed by atoms with van der Waals surface area (Å²) in [6.45, 7) is 3.24. The van der Waals surface area contributed by atoms with Crippen LogP contribution in [-0.2, 0) is 4.79 Å². The summed E-state index contributed by atoms with van der Waals surface area (Å²) >= 11 is 6.47. The molecule has 126 valence electrons. The van der Waals surface area contributed by atoms with E-state index in [2.05, 4.69) is 23.1 Å². The largest absolute Gasteiger partial charge is 0.480 e. The molecule has 1 unspecified atom stereocenters. The topological polar surface area (TPSA) is 43.8 Å². The third-order valence-electron chi connectivity index (χ3n) is 4.45. The Morgan fingerprint density at radius 3 is 2.25 bits per heavy atom. The molecular weight excluding hydrogens is 324 g/mol. The summed E-state index contributed by atoms with van der Waals surface area (Å²) in [6.07, 6.45) is 0. The summed E-state index contributed by atoms with van der Waals surface area (Å²) in [5, 5.41) is 9.72. The second-order valence-corrected chi connectivity index (χ2v) is 6.45. The van der Waals surface area contributed by atoms with E-state index in [-0.39, 0.29) is 12.6 Å². The first kappa shape index (κ1) is 17.0. The molecule has 0 aliphatic carbocycles. The zero-order chi connectivity index (χ0) is 16.9. The van der Waals surface area contributed by atoms with E-state index >= 15 is 0 Å². The van der Waals surface area contributed by atoms with Crippen molar-refractivity contribution in [1.29, 1.82) is 0 Å². The number of aliphatic carboxylic acids is 1. The predicted octanol–water partition coefficient (Wildman–Crippen LogP) is 3.13. The average Bonchev–Trinajstić information content (AvgIpc) is 2.59. The van der Waals surface area contributed by atoms with Crippen molar-refractivity contribution in [3.63, 3.8) is 0 Å². The van der Waals surface area contributed by atoms with Crippen molar-refractivity contribution in [3.05, 3.63) is 70.7 Å². The summed E-state index contributed by atoms with van der Waals surface area (Å²) < 4.78 is 0. The van der Waals surface area contributed by atoms with E-state index in [4.69, 9.17) is 16.7 Å². The van der Waals surface area contributed by atoms with Crippen LogP contribution in [0.15, 0.2) is 54.6 Å². The molecule has 1 aliphatic heterocycles. The van der Waals surface area contributed by atoms with Crippen LogP contribution in [0.5, 0.6) is 0 Å². The Hall–Kier alpha value is -1.88. The van der Waals surface area contributed by atoms with Gasteiger partial charge in [0.1, 0.15) is 0 Å². The van der Waals surface area contributed by atoms with E-state index < -0.39 is 5.97 Å². The minimum atomic E-state index is -0.769. The highest BCUT2D eigenvalue weighted by Crippen LogP contribution is 2.33. The Kier molecular flexibility index (Phi) is 5.51. The van der Waals surface area contributed by atoms with E-state index in [1.807, 2.05) is 41.3 Å². The monoisotopic (exact) mass is 344 g/mol. The number of nitrogens with zero attached hydrogens (tertiary/aromatic N) is 2. The maximum atomic E-state index is 10.9. The van der Waals surface area contributed by atoms with Crippen LogP contribution in [0.2, 0.25) is 5.02 Å². The molecule has 1 saturated heterocycles. The summed E-state index contributed by atoms with van der Waals surface area (Å²) in [6, 6.07) is 18.4. The summed E-state index contributed by atoms with van der Waals surface area (Å²) in [5.41, 5.74) is 2.30. The van der Waals surface area contributed by atoms with Crippen LogP contribution in [0.25, 0.3) is 0 Å². The first-order valence-corrected chi connectivity index (χ1v) is 8.50. The number of rotatable bonds is 5. The maximum Gasteiger partial charge on any atom is 0.317 e. The van der Waals surface area contributed by atoms with Crippen LogP contribution >= 0.6 is 11.6 Å². The molecule has 0 aromatic heterocycles. The molecule has 5 heteroatoms. The first-order chi connectivity index (χ1) is 11.6. The van der Waals surface area contributed by atoms with Gasteiger partial charge in [0.25, 0.3) is 0 Å². The first-order valence-electron chi connectivity index (χ1n) is 8.12. The molecule has 1 heterocycles. The van der Waals surface area contributed by atoms with Gasteiger partial charge < -0.3 is 5.11 Å². The molecule has 0 bridgehead atoms. The van der Waals surface area contributed by atoms with Crippen LogP contribution in [0.1, 0.15) is 17.2 Å². The highest BCUT2D eigenvalue weighted by Gasteiger charge is 2.28. The Morgan fingerprint density at radius 1 is 1.00 bits per heavy atom. The molecule has 1 aliphatic rings. The number of carboxylic acids is 1. The fourth-order valence-corrected chi connectivity index (χ4v) is 3.53. The van der Waals surface area contributed by atoms with Gasteiger partial charge in [0, 0.05) is 31.2 Å². The number of halogens is 1. The number of hydrogen-bond acceptors (Lipinski definition) is 3. The zero-order valence-electron chi connectivity index (χ0n) is 13.4. The molecule has 1 fully saturated rings. The smallest absolute Gasteiger partial charge is 0.317 e. The lowest BCUT2D eigenvalue weighted by Crippen LogP contribution is -2.49. The molecule has 2 aromatic carbocycles. The van der Waals surface area contributed by atoms with Gasteiger partial charge in [-0.25, -0.2) is 0 Å². The fourth-order valence-electron chi connectivity index (χ4n) is 3.29. The summed E-state index contributed by atoms with van der Waals surface area (Å²) in [7, 11) is 0. The van der Waals surface area contributed by atoms with Gasteiger partial charge in [0.05, 0.1) is 12.6 Å². The molecular formula is C19H21ClN2O2. The van der Waals surface area contributed by atoms with Crippen molar-refractivity contribution in [2.24, 2.45) is 0 Å². The Morgan fingerprint density at radius 2 is 1.62 bits per heavy atom. The molecule has 24 heavy (non-hydrogen) atoms. The van der Waals surface area contributed by atoms with Gasteiger partial charge in [-0.1, -0.05) is 60.1 Å². The van der Waals surface area contributed by atoms with Gasteiger partial charge in [0.15, 0.2) is 0 Å². The lowest BCUT2D eigenvalue weighted by atomic mass is 9.96. The van der Waals surface area contributed by atoms with E-state index in [9.17, 15) is 4.79 Å². The van der Waals surface area contributed by atoms with E-state index in [0.29, 0.717) is 0 Å². The van der Waals surface area contributed by atoms with Gasteiger partial charge in [-0.05, 0) is 17.2 Å². The van der Waals surface area contributed by atoms with Gasteiger partial charge in [0.2, 0.25) is 0 Å². The Bertz CT molecular complexity index is 685. The lowest BCUT2D eigenvalue weighted by molar-refractivity contribution is -0.138. The van der Waals surface area contributed by atoms with Crippen LogP contribution in [0.4, 0.5) is 0 Å². The molecule has 1 atom stereocenters. The van der Waals surface area contributed by atoms with Crippen LogP contribution in [0, 0.1) is 0 Å². The Balaban J connectivity index is 1.84. The second kappa shape index (κ2) is 7.79. The molecule has 2 aromatic rings. The molecule has 4 nitrogen and oxygen atoms in total. The zero-order valence-corrected chi connectivity index (χ0v) is 14.2. The summed E-state index contributed by atoms with van der Waals surface area (Å²) in [4.78, 5) is 15.3. The highest BCUT2D eigenvalue weighted by molar-refractivity contribution is 6.31. The third-order valence-corrected chi connectivity index (χ3v) is 4.79. The second-order valence-electron chi connectivity index (χ2n) is 6.04. The van der Waals surface area contributed by atoms with Crippen molar-refractivity contribution < 1.29 is 9.90 Å². The van der Waals surface area contributed by atoms with E-state index in [1.54, 1.807) is 0 Å². The summed E-state index contributed by atoms with van der Waals surface area (Å²) in [5.74, 6) is -0.769. The van der Waals surface area contributed by atoms with Gasteiger partial charge >= 0.3 is 5.97 Å². The number of benzene rings is 2. The third kappa shape index (κ3) is 3.96. The number of hydrogen-bond donors (Lipinski definition) is 1. The van der Waals surface area contributed by atoms with Crippen molar-refractivity contribution >= 4 is 17.6 Å². The Labute approximate surface area is 147 Å². The number of carboxylic acid groups (broad SMARTS) is 1. The van der Waals surface area contributed by atoms with Crippen molar-refractivity contribution in [2.45, 2.75) is 6.04 Å². The SMILES string of the molecule is O=C(O)CN1CCN(C(c2ccccc2)c2ccccc2Cl)CC1. The average molecular weight is 345 g/mol. The number of piperazine rings is 1. The number of carbonyl (C=O) groups is 1. The minimum Gasteiger partial charge on any atom is -0.480 e. The van der Waals surface area contributed by atoms with Crippen molar-refractivity contribution in [3.8, 4) is 0 Å². The van der Waals surface area contributed by atoms with Gasteiger partial charge in [-0.15, -0.1) is 0 Å². The normalized spacial score (nSPS) is 17.5. The minimum absolute atomic E-state index is 0.0897. The molecule has 0 amide bonds. The molecule has 1 N–H and O–H groups in total. The molecule has 0 saturated carbocycles. The van der Waals surface area contributed by atoms with E-state index in [0.717, 1.165) is 36.8 Å². The standard InChI is InChI=1S/C19H21ClN2O2/c20-17-9-5-4-8-16(17)19(15-6-2-1-3-7-15)22-12-10-21(11-13-22)14-18(23)24/h1-9,19H,10-14H2,(H,23,24). The lowest BCUT2D eigenvalue weighted by Gasteiger charge is -2.39. The van der Waals surface area contributed by atoms with Gasteiger partial charge in [-0.2, -0.15) is 0 Å². The highest BCUT2D eigenvalue weighted by atomic mass is 35.5. The molecule has 0 spiro atoms. The van der Waals surface area contributed by atoms with Gasteiger partial charge in [-0.3, -0.25) is 14.6 Å². The quantitative estimate of drug-likeness (QED) is 0.905. The maximum absolute atomic E-state index is 10.9. The van der Waals surface area contributed by atoms with Crippen molar-refractivity contribution in [1.82, 2.24) is 9.80 Å². The van der Waals surface area contributed by atoms with E-state index in [1.165, 1.54) is 5.56 Å². The van der Waals surface area contributed by atoms with Crippen molar-refractivity contribution in [2.75, 3.05) is 32.7 Å². The molecule has 0 radical (unpaired) electrons. The predicted molar refractivity (Wildman–Crippen MR) is 95.4 cm³/mol. The van der Waals surface area contributed by atoms with Crippen LogP contribution < -0.4 is 0 Å². The molecule has 3 rings (SSSR count). The fraction of sp³-hybridized carbons (Fsp3) is 0.316.